The molecule has 0 aliphatic rings. The molecule has 0 spiro atoms. The number of hydrogen-bond acceptors (Lipinski definition) is 2. The highest BCUT2D eigenvalue weighted by Gasteiger charge is 2.23. The van der Waals surface area contributed by atoms with Gasteiger partial charge in [-0.3, -0.25) is 9.59 Å². The van der Waals surface area contributed by atoms with Gasteiger partial charge in [0, 0.05) is 19.2 Å². The van der Waals surface area contributed by atoms with Crippen LogP contribution in [0.4, 0.5) is 4.39 Å². The Bertz CT molecular complexity index is 496. The summed E-state index contributed by atoms with van der Waals surface area (Å²) in [6.45, 7) is 2.08. The molecule has 1 aromatic carbocycles. The molecule has 116 valence electrons. The van der Waals surface area contributed by atoms with Gasteiger partial charge in [0.15, 0.2) is 0 Å². The first-order valence-corrected chi connectivity index (χ1v) is 7.36. The Hall–Kier alpha value is -1.62. The molecule has 0 saturated carbocycles. The molecule has 2 amide bonds. The number of likely N-dealkylation sites (N-methyl/N-ethyl adjacent to an activating group) is 1. The van der Waals surface area contributed by atoms with Crippen molar-refractivity contribution in [3.8, 4) is 0 Å². The van der Waals surface area contributed by atoms with Gasteiger partial charge in [0.25, 0.3) is 0 Å². The van der Waals surface area contributed by atoms with E-state index in [9.17, 15) is 14.0 Å². The Morgan fingerprint density at radius 3 is 2.62 bits per heavy atom. The second-order valence-corrected chi connectivity index (χ2v) is 5.10. The minimum absolute atomic E-state index is 0.155. The standard InChI is InChI=1S/C15H20ClFN2O2/c1-3-6-13(18-14(20)9-16)15(21)19(2)10-11-7-4-5-8-12(11)17/h4-5,7-8,13H,3,6,9-10H2,1-2H3,(H,18,20). The monoisotopic (exact) mass is 314 g/mol. The average molecular weight is 315 g/mol. The molecular formula is C15H20ClFN2O2. The normalized spacial score (nSPS) is 11.8. The molecule has 0 aliphatic carbocycles. The van der Waals surface area contributed by atoms with Crippen LogP contribution in [-0.4, -0.2) is 35.7 Å². The molecule has 0 heterocycles. The molecular weight excluding hydrogens is 295 g/mol. The van der Waals surface area contributed by atoms with Crippen LogP contribution < -0.4 is 5.32 Å². The number of nitrogens with one attached hydrogen (secondary N) is 1. The lowest BCUT2D eigenvalue weighted by atomic mass is 10.1. The third-order valence-electron chi connectivity index (χ3n) is 3.07. The number of carbonyl (C=O) groups excluding carboxylic acids is 2. The Morgan fingerprint density at radius 2 is 2.05 bits per heavy atom. The van der Waals surface area contributed by atoms with Crippen molar-refractivity contribution in [3.63, 3.8) is 0 Å². The van der Waals surface area contributed by atoms with Gasteiger partial charge in [0.1, 0.15) is 17.7 Å². The maximum Gasteiger partial charge on any atom is 0.245 e. The topological polar surface area (TPSA) is 49.4 Å². The summed E-state index contributed by atoms with van der Waals surface area (Å²) in [4.78, 5) is 25.1. The number of nitrogens with zero attached hydrogens (tertiary/aromatic N) is 1. The van der Waals surface area contributed by atoms with E-state index >= 15 is 0 Å². The van der Waals surface area contributed by atoms with E-state index in [4.69, 9.17) is 11.6 Å². The molecule has 1 unspecified atom stereocenters. The van der Waals surface area contributed by atoms with Crippen LogP contribution in [0.25, 0.3) is 0 Å². The number of carbonyl (C=O) groups is 2. The van der Waals surface area contributed by atoms with Crippen molar-refractivity contribution in [2.75, 3.05) is 12.9 Å². The molecule has 0 bridgehead atoms. The predicted molar refractivity (Wildman–Crippen MR) is 80.4 cm³/mol. The predicted octanol–water partition coefficient (Wildman–Crippen LogP) is 2.31. The fourth-order valence-electron chi connectivity index (χ4n) is 2.01. The fourth-order valence-corrected chi connectivity index (χ4v) is 2.08. The summed E-state index contributed by atoms with van der Waals surface area (Å²) < 4.78 is 13.6. The Balaban J connectivity index is 2.73. The highest BCUT2D eigenvalue weighted by molar-refractivity contribution is 6.27. The first kappa shape index (κ1) is 17.4. The van der Waals surface area contributed by atoms with E-state index in [1.807, 2.05) is 6.92 Å². The summed E-state index contributed by atoms with van der Waals surface area (Å²) in [5.41, 5.74) is 0.437. The van der Waals surface area contributed by atoms with Crippen molar-refractivity contribution < 1.29 is 14.0 Å². The van der Waals surface area contributed by atoms with Gasteiger partial charge in [-0.1, -0.05) is 31.5 Å². The molecule has 6 heteroatoms. The van der Waals surface area contributed by atoms with Crippen molar-refractivity contribution in [1.29, 1.82) is 0 Å². The minimum atomic E-state index is -0.627. The summed E-state index contributed by atoms with van der Waals surface area (Å²) in [6, 6.07) is 5.67. The quantitative estimate of drug-likeness (QED) is 0.785. The molecule has 0 aromatic heterocycles. The fraction of sp³-hybridized carbons (Fsp3) is 0.467. The van der Waals surface area contributed by atoms with E-state index in [1.165, 1.54) is 11.0 Å². The number of alkyl halides is 1. The summed E-state index contributed by atoms with van der Waals surface area (Å²) >= 11 is 5.44. The van der Waals surface area contributed by atoms with E-state index in [1.54, 1.807) is 25.2 Å². The second kappa shape index (κ2) is 8.62. The zero-order valence-electron chi connectivity index (χ0n) is 12.2. The smallest absolute Gasteiger partial charge is 0.245 e. The van der Waals surface area contributed by atoms with E-state index in [0.717, 1.165) is 6.42 Å². The minimum Gasteiger partial charge on any atom is -0.343 e. The lowest BCUT2D eigenvalue weighted by Gasteiger charge is -2.24. The van der Waals surface area contributed by atoms with Gasteiger partial charge < -0.3 is 10.2 Å². The van der Waals surface area contributed by atoms with Gasteiger partial charge >= 0.3 is 0 Å². The SMILES string of the molecule is CCCC(NC(=O)CCl)C(=O)N(C)Cc1ccccc1F. The molecule has 0 aliphatic heterocycles. The van der Waals surface area contributed by atoms with Crippen molar-refractivity contribution in [2.45, 2.75) is 32.4 Å². The van der Waals surface area contributed by atoms with Gasteiger partial charge in [-0.15, -0.1) is 11.6 Å². The highest BCUT2D eigenvalue weighted by Crippen LogP contribution is 2.11. The van der Waals surface area contributed by atoms with Gasteiger partial charge in [-0.2, -0.15) is 0 Å². The van der Waals surface area contributed by atoms with Gasteiger partial charge in [0.05, 0.1) is 0 Å². The Morgan fingerprint density at radius 1 is 1.38 bits per heavy atom. The number of hydrogen-bond donors (Lipinski definition) is 1. The van der Waals surface area contributed by atoms with Crippen LogP contribution in [0.3, 0.4) is 0 Å². The first-order chi connectivity index (χ1) is 9.99. The van der Waals surface area contributed by atoms with E-state index in [0.29, 0.717) is 12.0 Å². The van der Waals surface area contributed by atoms with Crippen LogP contribution in [0.1, 0.15) is 25.3 Å². The van der Waals surface area contributed by atoms with Crippen LogP contribution in [0.15, 0.2) is 24.3 Å². The molecule has 21 heavy (non-hydrogen) atoms. The van der Waals surface area contributed by atoms with Crippen molar-refractivity contribution in [2.24, 2.45) is 0 Å². The van der Waals surface area contributed by atoms with Crippen LogP contribution in [-0.2, 0) is 16.1 Å². The molecule has 0 fully saturated rings. The molecule has 4 nitrogen and oxygen atoms in total. The summed E-state index contributed by atoms with van der Waals surface area (Å²) in [5.74, 6) is -1.18. The zero-order valence-corrected chi connectivity index (χ0v) is 13.0. The molecule has 1 rings (SSSR count). The average Bonchev–Trinajstić information content (AvgIpc) is 2.48. The number of benzene rings is 1. The summed E-state index contributed by atoms with van der Waals surface area (Å²) in [5, 5.41) is 2.59. The van der Waals surface area contributed by atoms with Crippen LogP contribution in [0.2, 0.25) is 0 Å². The second-order valence-electron chi connectivity index (χ2n) is 4.83. The first-order valence-electron chi connectivity index (χ1n) is 6.83. The molecule has 1 N–H and O–H groups in total. The number of amides is 2. The number of halogens is 2. The van der Waals surface area contributed by atoms with Crippen LogP contribution in [0.5, 0.6) is 0 Å². The molecule has 0 saturated heterocycles. The molecule has 0 radical (unpaired) electrons. The van der Waals surface area contributed by atoms with Gasteiger partial charge in [0.2, 0.25) is 11.8 Å². The number of rotatable bonds is 7. The Labute approximate surface area is 129 Å². The lowest BCUT2D eigenvalue weighted by Crippen LogP contribution is -2.47. The van der Waals surface area contributed by atoms with E-state index in [-0.39, 0.29) is 30.1 Å². The van der Waals surface area contributed by atoms with Crippen molar-refractivity contribution in [3.05, 3.63) is 35.6 Å². The highest BCUT2D eigenvalue weighted by atomic mass is 35.5. The van der Waals surface area contributed by atoms with E-state index < -0.39 is 6.04 Å². The summed E-state index contributed by atoms with van der Waals surface area (Å²) in [6.07, 6.45) is 1.26. The third kappa shape index (κ3) is 5.34. The van der Waals surface area contributed by atoms with Gasteiger partial charge in [-0.05, 0) is 12.5 Å². The van der Waals surface area contributed by atoms with Crippen molar-refractivity contribution >= 4 is 23.4 Å². The van der Waals surface area contributed by atoms with Crippen molar-refractivity contribution in [1.82, 2.24) is 10.2 Å². The zero-order chi connectivity index (χ0) is 15.8. The van der Waals surface area contributed by atoms with Crippen LogP contribution in [0, 0.1) is 5.82 Å². The lowest BCUT2D eigenvalue weighted by molar-refractivity contribution is -0.135. The molecule has 1 atom stereocenters. The largest absolute Gasteiger partial charge is 0.343 e. The Kier molecular flexibility index (Phi) is 7.15. The summed E-state index contributed by atoms with van der Waals surface area (Å²) in [7, 11) is 1.59. The maximum atomic E-state index is 13.6. The van der Waals surface area contributed by atoms with Gasteiger partial charge in [-0.25, -0.2) is 4.39 Å². The molecule has 1 aromatic rings. The van der Waals surface area contributed by atoms with E-state index in [2.05, 4.69) is 5.32 Å². The maximum absolute atomic E-state index is 13.6. The third-order valence-corrected chi connectivity index (χ3v) is 3.32. The van der Waals surface area contributed by atoms with Crippen LogP contribution >= 0.6 is 11.6 Å².